The van der Waals surface area contributed by atoms with Gasteiger partial charge in [-0.15, -0.1) is 12.3 Å². The van der Waals surface area contributed by atoms with E-state index in [-0.39, 0.29) is 6.10 Å². The number of rotatable bonds is 8. The van der Waals surface area contributed by atoms with E-state index in [1.807, 2.05) is 0 Å². The van der Waals surface area contributed by atoms with Gasteiger partial charge in [0, 0.05) is 18.7 Å². The Morgan fingerprint density at radius 3 is 2.19 bits per heavy atom. The molecule has 32 heavy (non-hydrogen) atoms. The number of aromatic amines is 1. The Bertz CT molecular complexity index is 1040. The lowest BCUT2D eigenvalue weighted by atomic mass is 10.1. The molecular formula is C12H20N3O14P3. The summed E-state index contributed by atoms with van der Waals surface area (Å²) in [6.45, 7) is 0. The Morgan fingerprint density at radius 2 is 1.75 bits per heavy atom. The molecule has 17 nitrogen and oxygen atoms in total. The van der Waals surface area contributed by atoms with Crippen LogP contribution in [0.15, 0.2) is 21.9 Å². The van der Waals surface area contributed by atoms with Gasteiger partial charge in [0.05, 0.1) is 6.10 Å². The van der Waals surface area contributed by atoms with Gasteiger partial charge in [-0.1, -0.05) is 0 Å². The number of nitrogens with zero attached hydrogens (tertiary/aromatic N) is 1. The van der Waals surface area contributed by atoms with Gasteiger partial charge in [0.15, 0.2) is 0 Å². The van der Waals surface area contributed by atoms with Crippen LogP contribution < -0.4 is 17.1 Å². The summed E-state index contributed by atoms with van der Waals surface area (Å²) in [5.41, 5.74) is -0.938. The van der Waals surface area contributed by atoms with E-state index < -0.39 is 47.0 Å². The highest BCUT2D eigenvalue weighted by Crippen LogP contribution is 2.64. The van der Waals surface area contributed by atoms with Crippen LogP contribution >= 0.6 is 23.5 Å². The molecule has 1 unspecified atom stereocenters. The van der Waals surface area contributed by atoms with Crippen molar-refractivity contribution in [1.82, 2.24) is 9.55 Å². The maximum Gasteiger partial charge on any atom is 0.490 e. The largest absolute Gasteiger partial charge is 0.490 e. The quantitative estimate of drug-likeness (QED) is 0.120. The second-order valence-corrected chi connectivity index (χ2v) is 10.1. The molecule has 1 aliphatic heterocycles. The number of nitrogens with two attached hydrogens (primary N) is 1. The monoisotopic (exact) mass is 523 g/mol. The molecule has 0 radical (unpaired) electrons. The van der Waals surface area contributed by atoms with Crippen LogP contribution in [0.3, 0.4) is 0 Å². The van der Waals surface area contributed by atoms with Gasteiger partial charge in [-0.25, -0.2) is 24.4 Å². The number of H-pyrrole nitrogens is 1. The molecule has 0 aromatic carbocycles. The van der Waals surface area contributed by atoms with Gasteiger partial charge in [-0.2, -0.15) is 8.62 Å². The molecule has 0 spiro atoms. The number of hydrogen-bond acceptors (Lipinski definition) is 10. The van der Waals surface area contributed by atoms with E-state index in [0.29, 0.717) is 19.3 Å². The Balaban J connectivity index is 0.000000347. The van der Waals surface area contributed by atoms with Gasteiger partial charge in [-0.3, -0.25) is 19.2 Å². The van der Waals surface area contributed by atoms with Crippen LogP contribution in [0.1, 0.15) is 25.5 Å². The van der Waals surface area contributed by atoms with Crippen molar-refractivity contribution in [3.8, 4) is 12.3 Å². The van der Waals surface area contributed by atoms with E-state index in [1.54, 1.807) is 0 Å². The SMILES string of the molecule is C#CCC(ON)[C@@H]1CC[C@H](n2ccc(=O)[nH]c2=O)O1.O=P(O)(O)OP(=O)(O)OP(=O)(O)O. The van der Waals surface area contributed by atoms with E-state index in [2.05, 4.69) is 19.5 Å². The van der Waals surface area contributed by atoms with Gasteiger partial charge >= 0.3 is 29.2 Å². The third-order valence-electron chi connectivity index (χ3n) is 3.52. The fraction of sp³-hybridized carbons (Fsp3) is 0.500. The third kappa shape index (κ3) is 10.4. The minimum absolute atomic E-state index is 0.259. The molecule has 1 aromatic heterocycles. The molecule has 0 bridgehead atoms. The lowest BCUT2D eigenvalue weighted by Gasteiger charge is -2.20. The molecule has 3 atom stereocenters. The lowest BCUT2D eigenvalue weighted by molar-refractivity contribution is -0.0867. The highest BCUT2D eigenvalue weighted by Gasteiger charge is 2.38. The van der Waals surface area contributed by atoms with Crippen LogP contribution in [0, 0.1) is 12.3 Å². The minimum Gasteiger partial charge on any atom is -0.352 e. The van der Waals surface area contributed by atoms with Crippen molar-refractivity contribution in [2.75, 3.05) is 0 Å². The Labute approximate surface area is 179 Å². The second-order valence-electron chi connectivity index (χ2n) is 5.92. The first kappa shape index (κ1) is 28.6. The summed E-state index contributed by atoms with van der Waals surface area (Å²) in [5, 5.41) is 0. The molecule has 1 aliphatic rings. The van der Waals surface area contributed by atoms with E-state index in [4.69, 9.17) is 46.4 Å². The van der Waals surface area contributed by atoms with E-state index in [1.165, 1.54) is 16.8 Å². The smallest absolute Gasteiger partial charge is 0.352 e. The van der Waals surface area contributed by atoms with E-state index in [0.717, 1.165) is 0 Å². The van der Waals surface area contributed by atoms with Gasteiger partial charge in [0.1, 0.15) is 12.3 Å². The van der Waals surface area contributed by atoms with Crippen molar-refractivity contribution >= 4 is 23.5 Å². The average molecular weight is 523 g/mol. The number of nitrogens with one attached hydrogen (secondary N) is 1. The molecule has 0 saturated carbocycles. The number of hydrogen-bond donors (Lipinski definition) is 7. The van der Waals surface area contributed by atoms with E-state index >= 15 is 0 Å². The molecule has 20 heteroatoms. The number of terminal acetylenes is 1. The zero-order valence-electron chi connectivity index (χ0n) is 15.9. The number of aromatic nitrogens is 2. The normalized spacial score (nSPS) is 20.2. The van der Waals surface area contributed by atoms with Gasteiger partial charge in [0.2, 0.25) is 0 Å². The summed E-state index contributed by atoms with van der Waals surface area (Å²) in [7, 11) is -16.2. The summed E-state index contributed by atoms with van der Waals surface area (Å²) in [6, 6.07) is 1.27. The molecule has 1 fully saturated rings. The lowest BCUT2D eigenvalue weighted by Crippen LogP contribution is -2.34. The summed E-state index contributed by atoms with van der Waals surface area (Å²) >= 11 is 0. The standard InChI is InChI=1S/C12H15N3O4.H5O10P3/c1-2-3-9(19-13)8-4-5-11(18-8)15-7-6-10(16)14-12(15)17;1-11(2,3)9-13(7,8)10-12(4,5)6/h1,6-9,11H,3-5,13H2,(H,14,16,17);(H,7,8)(H2,1,2,3)(H2,4,5,6)/t8-,9?,11+;/m0./s1. The van der Waals surface area contributed by atoms with Gasteiger partial charge in [0.25, 0.3) is 5.56 Å². The Morgan fingerprint density at radius 1 is 1.19 bits per heavy atom. The van der Waals surface area contributed by atoms with Crippen LogP contribution in [0.2, 0.25) is 0 Å². The molecule has 1 saturated heterocycles. The van der Waals surface area contributed by atoms with Crippen LogP contribution in [-0.4, -0.2) is 46.2 Å². The fourth-order valence-electron chi connectivity index (χ4n) is 2.44. The molecule has 0 aliphatic carbocycles. The Hall–Kier alpha value is -1.47. The van der Waals surface area contributed by atoms with Crippen molar-refractivity contribution in [1.29, 1.82) is 0 Å². The summed E-state index contributed by atoms with van der Waals surface area (Å²) in [5.74, 6) is 7.65. The van der Waals surface area contributed by atoms with Crippen LogP contribution in [0.4, 0.5) is 0 Å². The third-order valence-corrected chi connectivity index (χ3v) is 6.87. The first-order chi connectivity index (χ1) is 14.6. The molecule has 1 aromatic rings. The molecular weight excluding hydrogens is 503 g/mol. The van der Waals surface area contributed by atoms with E-state index in [9.17, 15) is 23.3 Å². The van der Waals surface area contributed by atoms with Crippen LogP contribution in [0.25, 0.3) is 0 Å². The molecule has 2 heterocycles. The first-order valence-corrected chi connectivity index (χ1v) is 12.7. The van der Waals surface area contributed by atoms with Crippen molar-refractivity contribution in [3.63, 3.8) is 0 Å². The summed E-state index contributed by atoms with van der Waals surface area (Å²) in [4.78, 5) is 69.8. The maximum absolute atomic E-state index is 11.6. The first-order valence-electron chi connectivity index (χ1n) is 8.19. The minimum atomic E-state index is -5.46. The van der Waals surface area contributed by atoms with Gasteiger partial charge in [-0.05, 0) is 12.8 Å². The second kappa shape index (κ2) is 11.6. The summed E-state index contributed by atoms with van der Waals surface area (Å²) < 4.78 is 43.4. The van der Waals surface area contributed by atoms with Crippen molar-refractivity contribution in [2.45, 2.75) is 37.7 Å². The highest BCUT2D eigenvalue weighted by atomic mass is 31.3. The summed E-state index contributed by atoms with van der Waals surface area (Å²) in [6.07, 6.45) is 7.19. The topological polar surface area (TPSA) is 270 Å². The van der Waals surface area contributed by atoms with Crippen LogP contribution in [0.5, 0.6) is 0 Å². The van der Waals surface area contributed by atoms with Crippen molar-refractivity contribution in [3.05, 3.63) is 33.1 Å². The molecule has 0 amide bonds. The van der Waals surface area contributed by atoms with Crippen molar-refractivity contribution < 1.29 is 56.4 Å². The predicted molar refractivity (Wildman–Crippen MR) is 103 cm³/mol. The average Bonchev–Trinajstić information content (AvgIpc) is 3.05. The zero-order chi connectivity index (χ0) is 24.7. The van der Waals surface area contributed by atoms with Crippen LogP contribution in [-0.2, 0) is 31.9 Å². The highest BCUT2D eigenvalue weighted by molar-refractivity contribution is 7.66. The molecule has 182 valence electrons. The maximum atomic E-state index is 11.6. The van der Waals surface area contributed by atoms with Crippen molar-refractivity contribution in [2.24, 2.45) is 5.90 Å². The Kier molecular flexibility index (Phi) is 10.3. The predicted octanol–water partition coefficient (Wildman–Crippen LogP) is -1.20. The molecule has 2 rings (SSSR count). The number of ether oxygens (including phenoxy) is 1. The van der Waals surface area contributed by atoms with Gasteiger partial charge < -0.3 is 29.2 Å². The zero-order valence-corrected chi connectivity index (χ0v) is 18.5. The molecule has 8 N–H and O–H groups in total. The number of phosphoric acid groups is 3. The fourth-order valence-corrected chi connectivity index (χ4v) is 4.98.